The van der Waals surface area contributed by atoms with E-state index in [4.69, 9.17) is 23.2 Å². The Balaban J connectivity index is 1.30. The average Bonchev–Trinajstić information content (AvgIpc) is 2.68. The second-order valence-electron chi connectivity index (χ2n) is 6.81. The van der Waals surface area contributed by atoms with Gasteiger partial charge in [0.25, 0.3) is 0 Å². The fourth-order valence-corrected chi connectivity index (χ4v) is 3.51. The number of halogens is 2. The summed E-state index contributed by atoms with van der Waals surface area (Å²) >= 11 is 11.8. The number of nitrogens with zero attached hydrogens (tertiary/aromatic N) is 2. The van der Waals surface area contributed by atoms with Gasteiger partial charge in [-0.05, 0) is 54.9 Å². The second kappa shape index (κ2) is 9.98. The van der Waals surface area contributed by atoms with Gasteiger partial charge in [0.1, 0.15) is 0 Å². The number of carbonyl (C=O) groups is 1. The van der Waals surface area contributed by atoms with Crippen molar-refractivity contribution in [1.29, 1.82) is 0 Å². The molecule has 1 fully saturated rings. The molecule has 4 nitrogen and oxygen atoms in total. The number of rotatable bonds is 7. The lowest BCUT2D eigenvalue weighted by molar-refractivity contribution is -0.120. The minimum atomic E-state index is 0.0601. The van der Waals surface area contributed by atoms with Crippen LogP contribution in [0.4, 0.5) is 5.69 Å². The second-order valence-corrected chi connectivity index (χ2v) is 7.68. The highest BCUT2D eigenvalue weighted by atomic mass is 35.5. The summed E-state index contributed by atoms with van der Waals surface area (Å²) < 4.78 is 0. The van der Waals surface area contributed by atoms with Gasteiger partial charge in [-0.3, -0.25) is 9.69 Å². The maximum absolute atomic E-state index is 12.0. The molecule has 3 rings (SSSR count). The van der Waals surface area contributed by atoms with Gasteiger partial charge in [0.05, 0.1) is 6.42 Å². The van der Waals surface area contributed by atoms with Gasteiger partial charge < -0.3 is 10.2 Å². The van der Waals surface area contributed by atoms with E-state index in [1.54, 1.807) is 0 Å². The summed E-state index contributed by atoms with van der Waals surface area (Å²) in [6.07, 6.45) is 1.37. The van der Waals surface area contributed by atoms with Crippen molar-refractivity contribution < 1.29 is 4.79 Å². The Morgan fingerprint density at radius 3 is 2.11 bits per heavy atom. The number of anilines is 1. The highest BCUT2D eigenvalue weighted by molar-refractivity contribution is 6.30. The molecule has 6 heteroatoms. The first-order chi connectivity index (χ1) is 13.1. The molecule has 0 aliphatic carbocycles. The van der Waals surface area contributed by atoms with Crippen LogP contribution in [0, 0.1) is 0 Å². The maximum atomic E-state index is 12.0. The average molecular weight is 406 g/mol. The Labute approximate surface area is 171 Å². The van der Waals surface area contributed by atoms with E-state index in [1.165, 1.54) is 5.69 Å². The van der Waals surface area contributed by atoms with E-state index in [0.29, 0.717) is 18.0 Å². The van der Waals surface area contributed by atoms with Crippen LogP contribution in [-0.4, -0.2) is 50.1 Å². The Bertz CT molecular complexity index is 726. The number of hydrogen-bond donors (Lipinski definition) is 1. The molecule has 0 saturated carbocycles. The van der Waals surface area contributed by atoms with E-state index >= 15 is 0 Å². The van der Waals surface area contributed by atoms with Gasteiger partial charge in [-0.25, -0.2) is 0 Å². The molecule has 1 N–H and O–H groups in total. The Hall–Kier alpha value is -1.75. The molecule has 1 aliphatic heterocycles. The predicted octanol–water partition coefficient (Wildman–Crippen LogP) is 3.86. The summed E-state index contributed by atoms with van der Waals surface area (Å²) in [5.41, 5.74) is 2.21. The van der Waals surface area contributed by atoms with E-state index in [0.717, 1.165) is 49.7 Å². The molecular formula is C21H25Cl2N3O. The first-order valence-corrected chi connectivity index (χ1v) is 10.1. The number of amides is 1. The van der Waals surface area contributed by atoms with Crippen LogP contribution in [0.15, 0.2) is 48.5 Å². The van der Waals surface area contributed by atoms with E-state index < -0.39 is 0 Å². The van der Waals surface area contributed by atoms with Gasteiger partial charge in [-0.2, -0.15) is 0 Å². The van der Waals surface area contributed by atoms with Crippen LogP contribution in [0.3, 0.4) is 0 Å². The number of benzene rings is 2. The fourth-order valence-electron chi connectivity index (χ4n) is 3.26. The topological polar surface area (TPSA) is 35.6 Å². The summed E-state index contributed by atoms with van der Waals surface area (Å²) in [5, 5.41) is 4.47. The molecule has 0 atom stereocenters. The Morgan fingerprint density at radius 1 is 0.889 bits per heavy atom. The van der Waals surface area contributed by atoms with Crippen molar-refractivity contribution in [2.24, 2.45) is 0 Å². The van der Waals surface area contributed by atoms with Crippen molar-refractivity contribution in [2.45, 2.75) is 12.8 Å². The molecule has 1 aliphatic rings. The van der Waals surface area contributed by atoms with Crippen LogP contribution in [0.1, 0.15) is 12.0 Å². The molecule has 2 aromatic carbocycles. The SMILES string of the molecule is O=C(Cc1ccc(Cl)cc1)NCCCN1CCN(c2ccc(Cl)cc2)CC1. The van der Waals surface area contributed by atoms with Crippen LogP contribution >= 0.6 is 23.2 Å². The number of nitrogens with one attached hydrogen (secondary N) is 1. The highest BCUT2D eigenvalue weighted by Crippen LogP contribution is 2.19. The fraction of sp³-hybridized carbons (Fsp3) is 0.381. The van der Waals surface area contributed by atoms with Crippen LogP contribution < -0.4 is 10.2 Å². The molecule has 0 bridgehead atoms. The van der Waals surface area contributed by atoms with Crippen molar-refractivity contribution in [2.75, 3.05) is 44.2 Å². The summed E-state index contributed by atoms with van der Waals surface area (Å²) in [6.45, 7) is 5.84. The van der Waals surface area contributed by atoms with Crippen molar-refractivity contribution in [3.8, 4) is 0 Å². The van der Waals surface area contributed by atoms with E-state index in [1.807, 2.05) is 36.4 Å². The van der Waals surface area contributed by atoms with Gasteiger partial charge in [-0.15, -0.1) is 0 Å². The number of piperazine rings is 1. The summed E-state index contributed by atoms with van der Waals surface area (Å²) in [6, 6.07) is 15.4. The van der Waals surface area contributed by atoms with Gasteiger partial charge in [0.15, 0.2) is 0 Å². The van der Waals surface area contributed by atoms with Crippen LogP contribution in [0.2, 0.25) is 10.0 Å². The molecule has 0 spiro atoms. The summed E-state index contributed by atoms with van der Waals surface area (Å²) in [4.78, 5) is 16.8. The van der Waals surface area contributed by atoms with Crippen LogP contribution in [0.25, 0.3) is 0 Å². The molecule has 144 valence electrons. The first kappa shape index (κ1) is 20.0. The Kier molecular flexibility index (Phi) is 7.39. The lowest BCUT2D eigenvalue weighted by Gasteiger charge is -2.36. The predicted molar refractivity (Wildman–Crippen MR) is 113 cm³/mol. The maximum Gasteiger partial charge on any atom is 0.224 e. The van der Waals surface area contributed by atoms with E-state index in [2.05, 4.69) is 27.2 Å². The smallest absolute Gasteiger partial charge is 0.224 e. The van der Waals surface area contributed by atoms with Gasteiger partial charge in [0, 0.05) is 48.5 Å². The quantitative estimate of drug-likeness (QED) is 0.710. The third-order valence-corrected chi connectivity index (χ3v) is 5.32. The third-order valence-electron chi connectivity index (χ3n) is 4.82. The normalized spacial score (nSPS) is 15.0. The minimum Gasteiger partial charge on any atom is -0.369 e. The summed E-state index contributed by atoms with van der Waals surface area (Å²) in [5.74, 6) is 0.0601. The van der Waals surface area contributed by atoms with Gasteiger partial charge >= 0.3 is 0 Å². The van der Waals surface area contributed by atoms with Crippen LogP contribution in [-0.2, 0) is 11.2 Å². The van der Waals surface area contributed by atoms with Crippen LogP contribution in [0.5, 0.6) is 0 Å². The van der Waals surface area contributed by atoms with Crippen molar-refractivity contribution in [1.82, 2.24) is 10.2 Å². The van der Waals surface area contributed by atoms with Crippen molar-refractivity contribution >= 4 is 34.8 Å². The molecule has 0 radical (unpaired) electrons. The summed E-state index contributed by atoms with van der Waals surface area (Å²) in [7, 11) is 0. The zero-order valence-corrected chi connectivity index (χ0v) is 16.8. The molecule has 1 saturated heterocycles. The Morgan fingerprint density at radius 2 is 1.48 bits per heavy atom. The largest absolute Gasteiger partial charge is 0.369 e. The molecule has 1 heterocycles. The lowest BCUT2D eigenvalue weighted by atomic mass is 10.1. The molecule has 0 unspecified atom stereocenters. The number of hydrogen-bond acceptors (Lipinski definition) is 3. The van der Waals surface area contributed by atoms with E-state index in [9.17, 15) is 4.79 Å². The number of carbonyl (C=O) groups excluding carboxylic acids is 1. The monoisotopic (exact) mass is 405 g/mol. The van der Waals surface area contributed by atoms with Gasteiger partial charge in [0.2, 0.25) is 5.91 Å². The third kappa shape index (κ3) is 6.42. The standard InChI is InChI=1S/C21H25Cl2N3O/c22-18-4-2-17(3-5-18)16-21(27)24-10-1-11-25-12-14-26(15-13-25)20-8-6-19(23)7-9-20/h2-9H,1,10-16H2,(H,24,27). The van der Waals surface area contributed by atoms with E-state index in [-0.39, 0.29) is 5.91 Å². The zero-order chi connectivity index (χ0) is 19.1. The van der Waals surface area contributed by atoms with Crippen molar-refractivity contribution in [3.63, 3.8) is 0 Å². The molecule has 0 aromatic heterocycles. The van der Waals surface area contributed by atoms with Crippen molar-refractivity contribution in [3.05, 3.63) is 64.1 Å². The van der Waals surface area contributed by atoms with Gasteiger partial charge in [-0.1, -0.05) is 35.3 Å². The molecular weight excluding hydrogens is 381 g/mol. The minimum absolute atomic E-state index is 0.0601. The zero-order valence-electron chi connectivity index (χ0n) is 15.3. The lowest BCUT2D eigenvalue weighted by Crippen LogP contribution is -2.47. The molecule has 1 amide bonds. The molecule has 27 heavy (non-hydrogen) atoms. The highest BCUT2D eigenvalue weighted by Gasteiger charge is 2.16. The first-order valence-electron chi connectivity index (χ1n) is 9.34. The molecule has 2 aromatic rings.